The average Bonchev–Trinajstić information content (AvgIpc) is 1.00. The Balaban J connectivity index is -0.00000000500. The van der Waals surface area contributed by atoms with E-state index in [1.54, 1.807) is 0 Å². The molecule has 0 N–H and O–H groups in total. The van der Waals surface area contributed by atoms with Crippen molar-refractivity contribution in [1.82, 2.24) is 0 Å². The van der Waals surface area contributed by atoms with Crippen LogP contribution in [0.4, 0.5) is 0 Å². The predicted octanol–water partition coefficient (Wildman–Crippen LogP) is 0.0857. The molecule has 0 heterocycles. The standard InChI is InChI=1S/Fe.H2OP.O/c;1-2;/h;2H2;/q+2;+1;-2. The van der Waals surface area contributed by atoms with E-state index < -0.39 is 0 Å². The van der Waals surface area contributed by atoms with Gasteiger partial charge in [0.25, 0.3) is 0 Å². The summed E-state index contributed by atoms with van der Waals surface area (Å²) in [5, 5.41) is 0. The second kappa shape index (κ2) is 70.9. The second-order valence-electron chi connectivity index (χ2n) is 0. The van der Waals surface area contributed by atoms with E-state index in [-0.39, 0.29) is 22.5 Å². The number of hydrogen-bond donors (Lipinski definition) is 0. The Morgan fingerprint density at radius 1 is 1.25 bits per heavy atom. The van der Waals surface area contributed by atoms with Crippen LogP contribution in [0.5, 0.6) is 0 Å². The molecule has 2 nitrogen and oxygen atoms in total. The fourth-order valence-electron chi connectivity index (χ4n) is 0. The van der Waals surface area contributed by atoms with Gasteiger partial charge in [-0.05, 0) is 0 Å². The maximum Gasteiger partial charge on any atom is 2.00 e. The molecule has 0 aliphatic carbocycles. The molecule has 0 aliphatic rings. The van der Waals surface area contributed by atoms with Crippen molar-refractivity contribution in [3.63, 3.8) is 0 Å². The van der Waals surface area contributed by atoms with E-state index in [9.17, 15) is 0 Å². The van der Waals surface area contributed by atoms with Crippen molar-refractivity contribution in [2.75, 3.05) is 0 Å². The van der Waals surface area contributed by atoms with Gasteiger partial charge in [0.1, 0.15) is 0 Å². The summed E-state index contributed by atoms with van der Waals surface area (Å²) in [4.78, 5) is 0. The summed E-state index contributed by atoms with van der Waals surface area (Å²) in [6, 6.07) is 0. The number of hydrogen-bond acceptors (Lipinski definition) is 1. The monoisotopic (exact) mass is 121 g/mol. The molecule has 0 aromatic carbocycles. The van der Waals surface area contributed by atoms with Crippen LogP contribution in [0.3, 0.4) is 0 Å². The SMILES string of the molecule is O=[PH2+].[Fe+2].[O-2]. The van der Waals surface area contributed by atoms with Crippen LogP contribution in [0.1, 0.15) is 0 Å². The Labute approximate surface area is 37.0 Å². The normalized spacial score (nSPS) is 1.00. The van der Waals surface area contributed by atoms with Crippen molar-refractivity contribution in [3.05, 3.63) is 0 Å². The van der Waals surface area contributed by atoms with E-state index in [2.05, 4.69) is 0 Å². The predicted molar refractivity (Wildman–Crippen MR) is 11.1 cm³/mol. The third-order valence-corrected chi connectivity index (χ3v) is 0. The van der Waals surface area contributed by atoms with Gasteiger partial charge in [-0.3, -0.25) is 0 Å². The molecule has 1 atom stereocenters. The quantitative estimate of drug-likeness (QED) is 0.330. The van der Waals surface area contributed by atoms with Gasteiger partial charge in [-0.2, -0.15) is 0 Å². The van der Waals surface area contributed by atoms with Gasteiger partial charge in [-0.25, -0.2) is 0 Å². The Kier molecular flexibility index (Phi) is 417. The van der Waals surface area contributed by atoms with Gasteiger partial charge in [0.2, 0.25) is 0 Å². The molecule has 0 aliphatic heterocycles. The van der Waals surface area contributed by atoms with Gasteiger partial charge >= 0.3 is 26.2 Å². The topological polar surface area (TPSA) is 45.6 Å². The van der Waals surface area contributed by atoms with Crippen LogP contribution in [-0.2, 0) is 27.1 Å². The molecule has 0 aromatic rings. The molecule has 4 heavy (non-hydrogen) atoms. The zero-order chi connectivity index (χ0) is 2.00. The largest absolute Gasteiger partial charge is 2.00 e. The van der Waals surface area contributed by atoms with E-state index in [0.29, 0.717) is 0 Å². The minimum atomic E-state index is 0. The van der Waals surface area contributed by atoms with Crippen molar-refractivity contribution < 1.29 is 27.1 Å². The first-order valence-corrected chi connectivity index (χ1v) is 0.707. The van der Waals surface area contributed by atoms with Crippen molar-refractivity contribution >= 4 is 9.12 Å². The van der Waals surface area contributed by atoms with Crippen LogP contribution >= 0.6 is 9.12 Å². The van der Waals surface area contributed by atoms with Gasteiger partial charge in [-0.15, -0.1) is 0 Å². The first-order chi connectivity index (χ1) is 1.00. The fourth-order valence-corrected chi connectivity index (χ4v) is 0. The molecule has 1 unspecified atom stereocenters. The molecular formula is H2FeO2P+. The van der Waals surface area contributed by atoms with Crippen LogP contribution in [0.2, 0.25) is 0 Å². The van der Waals surface area contributed by atoms with E-state index in [1.807, 2.05) is 0 Å². The molecule has 4 heteroatoms. The second-order valence-corrected chi connectivity index (χ2v) is 0. The van der Waals surface area contributed by atoms with Crippen LogP contribution in [0.25, 0.3) is 0 Å². The van der Waals surface area contributed by atoms with Crippen LogP contribution < -0.4 is 0 Å². The van der Waals surface area contributed by atoms with Crippen molar-refractivity contribution in [1.29, 1.82) is 0 Å². The molecule has 0 radical (unpaired) electrons. The average molecular weight is 121 g/mol. The van der Waals surface area contributed by atoms with E-state index in [4.69, 9.17) is 4.57 Å². The molecule has 0 saturated heterocycles. The maximum absolute atomic E-state index is 8.17. The zero-order valence-electron chi connectivity index (χ0n) is 1.75. The molecule has 26 valence electrons. The molecule has 0 rings (SSSR count). The Hall–Kier alpha value is 0.579. The Morgan fingerprint density at radius 2 is 1.25 bits per heavy atom. The zero-order valence-corrected chi connectivity index (χ0v) is 4.01. The van der Waals surface area contributed by atoms with E-state index >= 15 is 0 Å². The van der Waals surface area contributed by atoms with Crippen molar-refractivity contribution in [2.24, 2.45) is 0 Å². The molecule has 0 amide bonds. The summed E-state index contributed by atoms with van der Waals surface area (Å²) < 4.78 is 8.17. The Bertz CT molecular complexity index is 6.00. The van der Waals surface area contributed by atoms with Gasteiger partial charge in [0.15, 0.2) is 0 Å². The first-order valence-electron chi connectivity index (χ1n) is 0.236. The Morgan fingerprint density at radius 3 is 1.25 bits per heavy atom. The molecular weight excluding hydrogens is 119 g/mol. The van der Waals surface area contributed by atoms with Crippen molar-refractivity contribution in [3.8, 4) is 0 Å². The van der Waals surface area contributed by atoms with E-state index in [1.165, 1.54) is 9.12 Å². The summed E-state index contributed by atoms with van der Waals surface area (Å²) in [6.07, 6.45) is 0. The third-order valence-electron chi connectivity index (χ3n) is 0. The smallest absolute Gasteiger partial charge is 2.00 e. The third kappa shape index (κ3) is 19.2. The van der Waals surface area contributed by atoms with Gasteiger partial charge < -0.3 is 5.48 Å². The summed E-state index contributed by atoms with van der Waals surface area (Å²) in [7, 11) is 1.17. The van der Waals surface area contributed by atoms with E-state index in [0.717, 1.165) is 0 Å². The minimum Gasteiger partial charge on any atom is -2.00 e. The molecule has 0 spiro atoms. The van der Waals surface area contributed by atoms with Gasteiger partial charge in [0.05, 0.1) is 0 Å². The van der Waals surface area contributed by atoms with Crippen LogP contribution in [0.15, 0.2) is 0 Å². The maximum atomic E-state index is 8.17. The molecule has 0 aromatic heterocycles. The van der Waals surface area contributed by atoms with Crippen LogP contribution in [-0.4, -0.2) is 0 Å². The van der Waals surface area contributed by atoms with Crippen LogP contribution in [0, 0.1) is 0 Å². The van der Waals surface area contributed by atoms with Gasteiger partial charge in [-0.1, -0.05) is 4.57 Å². The summed E-state index contributed by atoms with van der Waals surface area (Å²) in [6.45, 7) is 0. The molecule has 0 bridgehead atoms. The van der Waals surface area contributed by atoms with Gasteiger partial charge in [0, 0.05) is 0 Å². The number of rotatable bonds is 0. The fraction of sp³-hybridized carbons (Fsp3) is 0. The minimum absolute atomic E-state index is 0. The summed E-state index contributed by atoms with van der Waals surface area (Å²) in [5.74, 6) is 0. The summed E-state index contributed by atoms with van der Waals surface area (Å²) in [5.41, 5.74) is 0. The first kappa shape index (κ1) is 23.5. The molecule has 0 saturated carbocycles. The molecule has 0 fully saturated rings. The van der Waals surface area contributed by atoms with Crippen molar-refractivity contribution in [2.45, 2.75) is 0 Å². The summed E-state index contributed by atoms with van der Waals surface area (Å²) >= 11 is 0.